The first kappa shape index (κ1) is 25.4. The predicted octanol–water partition coefficient (Wildman–Crippen LogP) is 5.73. The molecule has 0 bridgehead atoms. The van der Waals surface area contributed by atoms with E-state index in [2.05, 4.69) is 31.9 Å². The number of thiocarbonyl (C=S) groups is 2. The van der Waals surface area contributed by atoms with Crippen LogP contribution in [0, 0.1) is 0 Å². The molecule has 2 saturated heterocycles. The molecule has 174 valence electrons. The molecule has 0 atom stereocenters. The minimum atomic E-state index is -0.297. The van der Waals surface area contributed by atoms with E-state index in [0.29, 0.717) is 29.6 Å². The minimum absolute atomic E-state index is 0.0503. The highest BCUT2D eigenvalue weighted by atomic mass is 79.9. The summed E-state index contributed by atoms with van der Waals surface area (Å²) in [6, 6.07) is 9.88. The number of hydrogen-bond acceptors (Lipinski definition) is 8. The number of rotatable bonds is 5. The quantitative estimate of drug-likeness (QED) is 0.312. The summed E-state index contributed by atoms with van der Waals surface area (Å²) in [6.45, 7) is 0.350. The molecule has 4 rings (SSSR count). The van der Waals surface area contributed by atoms with Gasteiger partial charge >= 0.3 is 0 Å². The number of phenolic OH excluding ortho intramolecular Hbond substituents is 2. The maximum absolute atomic E-state index is 12.9. The van der Waals surface area contributed by atoms with Crippen molar-refractivity contribution >= 4 is 112 Å². The lowest BCUT2D eigenvalue weighted by Crippen LogP contribution is -2.39. The topological polar surface area (TPSA) is 81.1 Å². The van der Waals surface area contributed by atoms with Crippen molar-refractivity contribution in [2.24, 2.45) is 0 Å². The lowest BCUT2D eigenvalue weighted by Gasteiger charge is -2.19. The van der Waals surface area contributed by atoms with Crippen molar-refractivity contribution in [3.63, 3.8) is 0 Å². The number of thioether (sulfide) groups is 2. The molecule has 12 heteroatoms. The van der Waals surface area contributed by atoms with Crippen LogP contribution in [0.15, 0.2) is 55.2 Å². The average molecular weight is 658 g/mol. The Hall–Kier alpha value is -1.70. The highest BCUT2D eigenvalue weighted by Gasteiger charge is 2.36. The van der Waals surface area contributed by atoms with Crippen LogP contribution >= 0.6 is 79.8 Å². The van der Waals surface area contributed by atoms with Crippen molar-refractivity contribution in [3.05, 3.63) is 66.3 Å². The molecule has 2 heterocycles. The fourth-order valence-electron chi connectivity index (χ4n) is 3.15. The normalized spacial score (nSPS) is 18.8. The molecule has 2 fully saturated rings. The van der Waals surface area contributed by atoms with Crippen LogP contribution in [0.3, 0.4) is 0 Å². The summed E-state index contributed by atoms with van der Waals surface area (Å²) >= 11 is 19.7. The predicted molar refractivity (Wildman–Crippen MR) is 151 cm³/mol. The molecule has 6 nitrogen and oxygen atoms in total. The number of carbonyl (C=O) groups is 2. The van der Waals surface area contributed by atoms with Crippen LogP contribution in [0.1, 0.15) is 11.1 Å². The highest BCUT2D eigenvalue weighted by Crippen LogP contribution is 2.37. The zero-order valence-corrected chi connectivity index (χ0v) is 23.5. The van der Waals surface area contributed by atoms with Gasteiger partial charge in [0.1, 0.15) is 20.1 Å². The van der Waals surface area contributed by atoms with E-state index in [1.807, 2.05) is 0 Å². The van der Waals surface area contributed by atoms with Crippen molar-refractivity contribution < 1.29 is 19.8 Å². The number of aromatic hydroxyl groups is 2. The number of hydrogen-bond donors (Lipinski definition) is 2. The van der Waals surface area contributed by atoms with E-state index in [-0.39, 0.29) is 36.4 Å². The van der Waals surface area contributed by atoms with Gasteiger partial charge in [0.25, 0.3) is 11.8 Å². The SMILES string of the molecule is O=C1C(=Cc2cc(Br)ccc2O)SC(=S)N1CCN1C(=O)C(=Cc2cc(Br)ccc2O)SC1=S. The maximum atomic E-state index is 12.9. The van der Waals surface area contributed by atoms with Crippen molar-refractivity contribution in [1.29, 1.82) is 0 Å². The van der Waals surface area contributed by atoms with Crippen molar-refractivity contribution in [1.82, 2.24) is 9.80 Å². The van der Waals surface area contributed by atoms with Crippen LogP contribution in [0.4, 0.5) is 0 Å². The van der Waals surface area contributed by atoms with Crippen LogP contribution in [-0.2, 0) is 9.59 Å². The highest BCUT2D eigenvalue weighted by molar-refractivity contribution is 9.10. The summed E-state index contributed by atoms with van der Waals surface area (Å²) in [7, 11) is 0. The van der Waals surface area contributed by atoms with Gasteiger partial charge in [-0.1, -0.05) is 79.8 Å². The number of nitrogens with zero attached hydrogens (tertiary/aromatic N) is 2. The van der Waals surface area contributed by atoms with Gasteiger partial charge in [-0.3, -0.25) is 19.4 Å². The third-order valence-electron chi connectivity index (χ3n) is 4.85. The van der Waals surface area contributed by atoms with Gasteiger partial charge in [0.15, 0.2) is 0 Å². The number of amides is 2. The van der Waals surface area contributed by atoms with Gasteiger partial charge in [-0.15, -0.1) is 0 Å². The van der Waals surface area contributed by atoms with Crippen LogP contribution in [0.2, 0.25) is 0 Å². The molecule has 0 radical (unpaired) electrons. The molecule has 0 aromatic heterocycles. The van der Waals surface area contributed by atoms with E-state index in [1.165, 1.54) is 21.9 Å². The molecule has 0 spiro atoms. The number of carbonyl (C=O) groups excluding carboxylic acids is 2. The van der Waals surface area contributed by atoms with Crippen molar-refractivity contribution in [2.75, 3.05) is 13.1 Å². The Labute approximate surface area is 231 Å². The maximum Gasteiger partial charge on any atom is 0.266 e. The lowest BCUT2D eigenvalue weighted by molar-refractivity contribution is -0.125. The second-order valence-corrected chi connectivity index (χ2v) is 12.3. The largest absolute Gasteiger partial charge is 0.507 e. The van der Waals surface area contributed by atoms with E-state index in [1.54, 1.807) is 36.4 Å². The molecular formula is C22H14Br2N2O4S4. The molecule has 2 aliphatic rings. The van der Waals surface area contributed by atoms with Gasteiger partial charge in [-0.2, -0.15) is 0 Å². The molecule has 2 aromatic carbocycles. The number of phenols is 2. The van der Waals surface area contributed by atoms with Crippen molar-refractivity contribution in [2.45, 2.75) is 0 Å². The summed E-state index contributed by atoms with van der Waals surface area (Å²) in [6.07, 6.45) is 3.18. The van der Waals surface area contributed by atoms with E-state index >= 15 is 0 Å². The summed E-state index contributed by atoms with van der Waals surface area (Å²) in [5.41, 5.74) is 0.987. The molecule has 2 aliphatic heterocycles. The Bertz CT molecular complexity index is 1210. The molecule has 0 saturated carbocycles. The van der Waals surface area contributed by atoms with Gasteiger partial charge < -0.3 is 10.2 Å². The van der Waals surface area contributed by atoms with Gasteiger partial charge in [0.2, 0.25) is 0 Å². The van der Waals surface area contributed by atoms with Gasteiger partial charge in [-0.05, 0) is 48.6 Å². The second kappa shape index (κ2) is 10.5. The van der Waals surface area contributed by atoms with E-state index in [9.17, 15) is 19.8 Å². The Balaban J connectivity index is 1.47. The average Bonchev–Trinajstić information content (AvgIpc) is 3.20. The van der Waals surface area contributed by atoms with E-state index in [4.69, 9.17) is 24.4 Å². The van der Waals surface area contributed by atoms with Gasteiger partial charge in [-0.25, -0.2) is 0 Å². The molecular weight excluding hydrogens is 644 g/mol. The Morgan fingerprint density at radius 3 is 1.53 bits per heavy atom. The Kier molecular flexibility index (Phi) is 7.85. The zero-order chi connectivity index (χ0) is 24.6. The summed E-state index contributed by atoms with van der Waals surface area (Å²) in [5.74, 6) is -0.493. The van der Waals surface area contributed by atoms with E-state index in [0.717, 1.165) is 32.5 Å². The summed E-state index contributed by atoms with van der Waals surface area (Å²) in [4.78, 5) is 29.5. The van der Waals surface area contributed by atoms with Gasteiger partial charge in [0.05, 0.1) is 9.81 Å². The first-order chi connectivity index (χ1) is 16.1. The third kappa shape index (κ3) is 5.42. The monoisotopic (exact) mass is 656 g/mol. The molecule has 34 heavy (non-hydrogen) atoms. The summed E-state index contributed by atoms with van der Waals surface area (Å²) < 4.78 is 2.27. The fourth-order valence-corrected chi connectivity index (χ4v) is 6.51. The zero-order valence-electron chi connectivity index (χ0n) is 17.0. The molecule has 2 N–H and O–H groups in total. The van der Waals surface area contributed by atoms with Gasteiger partial charge in [0, 0.05) is 33.2 Å². The Morgan fingerprint density at radius 2 is 1.15 bits per heavy atom. The van der Waals surface area contributed by atoms with Crippen LogP contribution in [-0.4, -0.2) is 53.6 Å². The molecule has 0 aliphatic carbocycles. The molecule has 2 amide bonds. The van der Waals surface area contributed by atoms with Crippen molar-refractivity contribution in [3.8, 4) is 11.5 Å². The number of halogens is 2. The first-order valence-electron chi connectivity index (χ1n) is 9.62. The standard InChI is InChI=1S/C22H14Br2N2O4S4/c23-13-1-3-15(27)11(7-13)9-17-19(29)25(21(31)33-17)5-6-26-20(30)18(34-22(26)32)10-12-8-14(24)2-4-16(12)28/h1-4,7-10,27-28H,5-6H2. The molecule has 0 unspecified atom stereocenters. The lowest BCUT2D eigenvalue weighted by atomic mass is 10.2. The minimum Gasteiger partial charge on any atom is -0.507 e. The van der Waals surface area contributed by atoms with Crippen LogP contribution < -0.4 is 0 Å². The second-order valence-electron chi connectivity index (χ2n) is 7.07. The van der Waals surface area contributed by atoms with E-state index < -0.39 is 0 Å². The molecule has 2 aromatic rings. The fraction of sp³-hybridized carbons (Fsp3) is 0.0909. The van der Waals surface area contributed by atoms with Crippen LogP contribution in [0.5, 0.6) is 11.5 Å². The first-order valence-corrected chi connectivity index (χ1v) is 13.7. The smallest absolute Gasteiger partial charge is 0.266 e. The Morgan fingerprint density at radius 1 is 0.765 bits per heavy atom. The third-order valence-corrected chi connectivity index (χ3v) is 8.59. The van der Waals surface area contributed by atoms with Crippen LogP contribution in [0.25, 0.3) is 12.2 Å². The summed E-state index contributed by atoms with van der Waals surface area (Å²) in [5, 5.41) is 20.1. The number of benzene rings is 2.